The first-order chi connectivity index (χ1) is 7.79. The molecule has 0 radical (unpaired) electrons. The van der Waals surface area contributed by atoms with Gasteiger partial charge in [-0.25, -0.2) is 4.98 Å². The molecule has 0 aliphatic carbocycles. The highest BCUT2D eigenvalue weighted by Gasteiger charge is 2.05. The highest BCUT2D eigenvalue weighted by atomic mass is 16.3. The summed E-state index contributed by atoms with van der Waals surface area (Å²) in [6.45, 7) is 3.77. The van der Waals surface area contributed by atoms with E-state index in [9.17, 15) is 5.11 Å². The van der Waals surface area contributed by atoms with E-state index in [1.165, 1.54) is 0 Å². The first kappa shape index (κ1) is 11.0. The summed E-state index contributed by atoms with van der Waals surface area (Å²) in [5, 5.41) is 9.67. The highest BCUT2D eigenvalue weighted by Crippen LogP contribution is 2.16. The summed E-state index contributed by atoms with van der Waals surface area (Å²) >= 11 is 0. The third-order valence-electron chi connectivity index (χ3n) is 2.72. The van der Waals surface area contributed by atoms with Crippen LogP contribution < -0.4 is 0 Å². The number of aliphatic hydroxyl groups excluding tert-OH is 1. The molecule has 0 aliphatic heterocycles. The molecule has 1 N–H and O–H groups in total. The van der Waals surface area contributed by atoms with Crippen LogP contribution in [0, 0.1) is 0 Å². The van der Waals surface area contributed by atoms with Gasteiger partial charge in [0.1, 0.15) is 0 Å². The van der Waals surface area contributed by atoms with Crippen molar-refractivity contribution in [1.82, 2.24) is 14.1 Å². The predicted molar refractivity (Wildman–Crippen MR) is 61.9 cm³/mol. The topological polar surface area (TPSA) is 43.0 Å². The zero-order valence-corrected chi connectivity index (χ0v) is 9.45. The van der Waals surface area contributed by atoms with Gasteiger partial charge < -0.3 is 14.2 Å². The van der Waals surface area contributed by atoms with Crippen LogP contribution in [0.5, 0.6) is 0 Å². The molecule has 2 rings (SSSR count). The van der Waals surface area contributed by atoms with Crippen molar-refractivity contribution in [1.29, 1.82) is 0 Å². The Balaban J connectivity index is 1.93. The quantitative estimate of drug-likeness (QED) is 0.833. The Morgan fingerprint density at radius 2 is 2.12 bits per heavy atom. The van der Waals surface area contributed by atoms with Crippen LogP contribution in [0.2, 0.25) is 0 Å². The third-order valence-corrected chi connectivity index (χ3v) is 2.72. The first-order valence-electron chi connectivity index (χ1n) is 5.59. The molecule has 0 fully saturated rings. The normalized spacial score (nSPS) is 12.9. The Labute approximate surface area is 95.2 Å². The lowest BCUT2D eigenvalue weighted by Gasteiger charge is -2.05. The van der Waals surface area contributed by atoms with Crippen molar-refractivity contribution >= 4 is 0 Å². The second-order valence-corrected chi connectivity index (χ2v) is 3.91. The van der Waals surface area contributed by atoms with Crippen molar-refractivity contribution in [3.63, 3.8) is 0 Å². The van der Waals surface area contributed by atoms with Crippen LogP contribution in [-0.4, -0.2) is 19.2 Å². The fourth-order valence-corrected chi connectivity index (χ4v) is 1.68. The maximum absolute atomic E-state index is 9.67. The summed E-state index contributed by atoms with van der Waals surface area (Å²) in [4.78, 5) is 3.99. The van der Waals surface area contributed by atoms with Gasteiger partial charge in [0, 0.05) is 37.9 Å². The minimum absolute atomic E-state index is 0.338. The van der Waals surface area contributed by atoms with E-state index in [0.717, 1.165) is 25.1 Å². The summed E-state index contributed by atoms with van der Waals surface area (Å²) in [7, 11) is 0. The maximum Gasteiger partial charge on any atom is 0.0946 e. The number of aliphatic hydroxyl groups is 1. The number of hydrogen-bond acceptors (Lipinski definition) is 2. The Hall–Kier alpha value is -1.55. The Bertz CT molecular complexity index is 419. The number of nitrogens with zero attached hydrogens (tertiary/aromatic N) is 3. The van der Waals surface area contributed by atoms with Crippen molar-refractivity contribution in [2.45, 2.75) is 32.5 Å². The monoisotopic (exact) mass is 219 g/mol. The molecule has 4 heteroatoms. The van der Waals surface area contributed by atoms with Crippen molar-refractivity contribution in [3.05, 3.63) is 42.7 Å². The number of aromatic nitrogens is 3. The van der Waals surface area contributed by atoms with E-state index in [1.54, 1.807) is 6.20 Å². The zero-order chi connectivity index (χ0) is 11.4. The molecule has 0 bridgehead atoms. The Kier molecular flexibility index (Phi) is 3.41. The van der Waals surface area contributed by atoms with Gasteiger partial charge in [0.2, 0.25) is 0 Å². The average molecular weight is 219 g/mol. The molecule has 0 saturated heterocycles. The van der Waals surface area contributed by atoms with Crippen LogP contribution in [-0.2, 0) is 13.1 Å². The fraction of sp³-hybridized carbons (Fsp3) is 0.417. The van der Waals surface area contributed by atoms with E-state index in [4.69, 9.17) is 0 Å². The van der Waals surface area contributed by atoms with Gasteiger partial charge in [0.05, 0.1) is 12.4 Å². The lowest BCUT2D eigenvalue weighted by Crippen LogP contribution is -2.04. The molecule has 0 aliphatic rings. The lowest BCUT2D eigenvalue weighted by molar-refractivity contribution is 0.173. The molecule has 16 heavy (non-hydrogen) atoms. The summed E-state index contributed by atoms with van der Waals surface area (Å²) < 4.78 is 4.13. The molecule has 0 spiro atoms. The van der Waals surface area contributed by atoms with Crippen molar-refractivity contribution < 1.29 is 5.11 Å². The third kappa shape index (κ3) is 2.52. The molecule has 0 aromatic carbocycles. The molecular formula is C12H17N3O. The van der Waals surface area contributed by atoms with E-state index in [0.29, 0.717) is 0 Å². The minimum atomic E-state index is -0.338. The van der Waals surface area contributed by atoms with Gasteiger partial charge in [0.25, 0.3) is 0 Å². The maximum atomic E-state index is 9.67. The molecule has 2 aromatic rings. The molecule has 2 aromatic heterocycles. The van der Waals surface area contributed by atoms with Gasteiger partial charge in [-0.05, 0) is 18.1 Å². The van der Waals surface area contributed by atoms with E-state index < -0.39 is 0 Å². The number of hydrogen-bond donors (Lipinski definition) is 1. The van der Waals surface area contributed by atoms with Crippen LogP contribution in [0.15, 0.2) is 37.2 Å². The van der Waals surface area contributed by atoms with Gasteiger partial charge in [-0.15, -0.1) is 0 Å². The van der Waals surface area contributed by atoms with Crippen molar-refractivity contribution in [3.8, 4) is 0 Å². The van der Waals surface area contributed by atoms with Crippen LogP contribution in [0.1, 0.15) is 25.0 Å². The van der Waals surface area contributed by atoms with Gasteiger partial charge in [0.15, 0.2) is 0 Å². The smallest absolute Gasteiger partial charge is 0.0946 e. The summed E-state index contributed by atoms with van der Waals surface area (Å²) in [6, 6.07) is 1.97. The predicted octanol–water partition coefficient (Wildman–Crippen LogP) is 1.83. The molecule has 0 saturated carbocycles. The van der Waals surface area contributed by atoms with Crippen LogP contribution >= 0.6 is 0 Å². The van der Waals surface area contributed by atoms with E-state index in [1.807, 2.05) is 42.5 Å². The summed E-state index contributed by atoms with van der Waals surface area (Å²) in [5.41, 5.74) is 0.994. The van der Waals surface area contributed by atoms with Crippen LogP contribution in [0.4, 0.5) is 0 Å². The lowest BCUT2D eigenvalue weighted by atomic mass is 10.1. The molecule has 4 nitrogen and oxygen atoms in total. The average Bonchev–Trinajstić information content (AvgIpc) is 2.96. The Morgan fingerprint density at radius 1 is 1.31 bits per heavy atom. The Morgan fingerprint density at radius 3 is 2.81 bits per heavy atom. The van der Waals surface area contributed by atoms with Gasteiger partial charge in [-0.1, -0.05) is 6.92 Å². The molecule has 1 unspecified atom stereocenters. The highest BCUT2D eigenvalue weighted by molar-refractivity contribution is 5.13. The second-order valence-electron chi connectivity index (χ2n) is 3.91. The molecule has 2 heterocycles. The largest absolute Gasteiger partial charge is 0.388 e. The number of rotatable bonds is 5. The summed E-state index contributed by atoms with van der Waals surface area (Å²) in [5.74, 6) is 0. The second kappa shape index (κ2) is 4.99. The summed E-state index contributed by atoms with van der Waals surface area (Å²) in [6.07, 6.45) is 9.97. The van der Waals surface area contributed by atoms with E-state index in [-0.39, 0.29) is 6.10 Å². The van der Waals surface area contributed by atoms with E-state index >= 15 is 0 Å². The zero-order valence-electron chi connectivity index (χ0n) is 9.45. The standard InChI is InChI=1S/C12H17N3O/c1-2-12(16)11-3-5-14(9-11)7-8-15-6-4-13-10-15/h3-6,9-10,12,16H,2,7-8H2,1H3. The van der Waals surface area contributed by atoms with Gasteiger partial charge >= 0.3 is 0 Å². The molecular weight excluding hydrogens is 202 g/mol. The first-order valence-corrected chi connectivity index (χ1v) is 5.59. The van der Waals surface area contributed by atoms with E-state index in [2.05, 4.69) is 9.55 Å². The fourth-order valence-electron chi connectivity index (χ4n) is 1.68. The van der Waals surface area contributed by atoms with Crippen LogP contribution in [0.3, 0.4) is 0 Å². The molecule has 0 amide bonds. The number of imidazole rings is 1. The van der Waals surface area contributed by atoms with Crippen LogP contribution in [0.25, 0.3) is 0 Å². The van der Waals surface area contributed by atoms with Gasteiger partial charge in [-0.2, -0.15) is 0 Å². The molecule has 1 atom stereocenters. The minimum Gasteiger partial charge on any atom is -0.388 e. The van der Waals surface area contributed by atoms with Gasteiger partial charge in [-0.3, -0.25) is 0 Å². The SMILES string of the molecule is CCC(O)c1ccn(CCn2ccnc2)c1. The van der Waals surface area contributed by atoms with Crippen molar-refractivity contribution in [2.75, 3.05) is 0 Å². The van der Waals surface area contributed by atoms with Crippen molar-refractivity contribution in [2.24, 2.45) is 0 Å². The number of aryl methyl sites for hydroxylation is 2. The molecule has 86 valence electrons.